The van der Waals surface area contributed by atoms with Gasteiger partial charge in [-0.15, -0.1) is 0 Å². The molecule has 1 heterocycles. The summed E-state index contributed by atoms with van der Waals surface area (Å²) in [5.41, 5.74) is 2.22. The first-order chi connectivity index (χ1) is 16.1. The number of benzene rings is 3. The number of Topliss-reactive ketones (excluding diaryl/α,β-unsaturated/α-hetero) is 1. The summed E-state index contributed by atoms with van der Waals surface area (Å²) in [6.45, 7) is -0.0642. The first-order valence-electron chi connectivity index (χ1n) is 10.3. The maximum absolute atomic E-state index is 12.6. The number of esters is 1. The molecule has 1 aliphatic rings. The molecule has 0 aromatic heterocycles. The lowest BCUT2D eigenvalue weighted by Gasteiger charge is -2.08. The predicted octanol–water partition coefficient (Wildman–Crippen LogP) is 4.99. The Bertz CT molecular complexity index is 1210. The third-order valence-electron chi connectivity index (χ3n) is 4.90. The number of methoxy groups -OCH3 is 1. The Hall–Kier alpha value is -4.32. The van der Waals surface area contributed by atoms with Crippen molar-refractivity contribution >= 4 is 17.8 Å². The summed E-state index contributed by atoms with van der Waals surface area (Å²) in [6, 6.07) is 21.8. The van der Waals surface area contributed by atoms with Gasteiger partial charge in [-0.05, 0) is 29.8 Å². The van der Waals surface area contributed by atoms with E-state index in [-0.39, 0.29) is 24.8 Å². The molecule has 166 valence electrons. The van der Waals surface area contributed by atoms with Gasteiger partial charge < -0.3 is 18.9 Å². The van der Waals surface area contributed by atoms with E-state index in [1.807, 2.05) is 60.7 Å². The summed E-state index contributed by atoms with van der Waals surface area (Å²) in [5, 5.41) is 0. The van der Waals surface area contributed by atoms with E-state index in [4.69, 9.17) is 18.9 Å². The van der Waals surface area contributed by atoms with Crippen LogP contribution in [-0.2, 0) is 16.1 Å². The highest BCUT2D eigenvalue weighted by molar-refractivity contribution is 6.12. The molecule has 0 radical (unpaired) electrons. The molecule has 3 aromatic carbocycles. The number of allylic oxidation sites excluding steroid dienone is 3. The van der Waals surface area contributed by atoms with Crippen LogP contribution in [0.2, 0.25) is 0 Å². The molecule has 0 unspecified atom stereocenters. The number of rotatable bonds is 8. The third kappa shape index (κ3) is 5.49. The molecule has 3 aromatic rings. The minimum absolute atomic E-state index is 0.182. The second-order valence-electron chi connectivity index (χ2n) is 7.16. The van der Waals surface area contributed by atoms with Crippen molar-refractivity contribution in [2.24, 2.45) is 0 Å². The SMILES string of the molecule is COc1ccccc1C=CC=C1Oc2cc(OCC(=O)OCc3ccccc3)ccc2C1=O. The van der Waals surface area contributed by atoms with Gasteiger partial charge in [0.15, 0.2) is 12.4 Å². The zero-order valence-corrected chi connectivity index (χ0v) is 18.0. The highest BCUT2D eigenvalue weighted by Gasteiger charge is 2.27. The monoisotopic (exact) mass is 442 g/mol. The summed E-state index contributed by atoms with van der Waals surface area (Å²) in [7, 11) is 1.61. The Kier molecular flexibility index (Phi) is 6.85. The van der Waals surface area contributed by atoms with Crippen LogP contribution in [0.4, 0.5) is 0 Å². The summed E-state index contributed by atoms with van der Waals surface area (Å²) in [6.07, 6.45) is 5.18. The van der Waals surface area contributed by atoms with E-state index in [0.29, 0.717) is 17.1 Å². The minimum Gasteiger partial charge on any atom is -0.496 e. The Morgan fingerprint density at radius 3 is 2.61 bits per heavy atom. The molecule has 33 heavy (non-hydrogen) atoms. The number of carbonyl (C=O) groups is 2. The molecule has 0 N–H and O–H groups in total. The van der Waals surface area contributed by atoms with Gasteiger partial charge in [0.05, 0.1) is 12.7 Å². The normalized spacial score (nSPS) is 13.6. The maximum Gasteiger partial charge on any atom is 0.344 e. The molecule has 0 amide bonds. The topological polar surface area (TPSA) is 71.1 Å². The molecule has 0 atom stereocenters. The van der Waals surface area contributed by atoms with Crippen LogP contribution in [0.15, 0.2) is 90.7 Å². The van der Waals surface area contributed by atoms with Gasteiger partial charge >= 0.3 is 5.97 Å². The molecular formula is C27H22O6. The largest absolute Gasteiger partial charge is 0.496 e. The molecule has 0 fully saturated rings. The molecule has 0 saturated carbocycles. The van der Waals surface area contributed by atoms with Gasteiger partial charge in [-0.3, -0.25) is 4.79 Å². The molecule has 1 aliphatic heterocycles. The van der Waals surface area contributed by atoms with Crippen molar-refractivity contribution < 1.29 is 28.5 Å². The van der Waals surface area contributed by atoms with Crippen LogP contribution in [0.1, 0.15) is 21.5 Å². The van der Waals surface area contributed by atoms with Gasteiger partial charge in [0.1, 0.15) is 23.9 Å². The van der Waals surface area contributed by atoms with Crippen molar-refractivity contribution in [3.05, 3.63) is 107 Å². The third-order valence-corrected chi connectivity index (χ3v) is 4.90. The highest BCUT2D eigenvalue weighted by Crippen LogP contribution is 2.34. The molecule has 6 nitrogen and oxygen atoms in total. The van der Waals surface area contributed by atoms with Crippen molar-refractivity contribution in [3.63, 3.8) is 0 Å². The minimum atomic E-state index is -0.488. The van der Waals surface area contributed by atoms with Crippen LogP contribution in [0.25, 0.3) is 6.08 Å². The summed E-state index contributed by atoms with van der Waals surface area (Å²) in [5.74, 6) is 1.02. The quantitative estimate of drug-likeness (QED) is 0.362. The van der Waals surface area contributed by atoms with Crippen LogP contribution in [-0.4, -0.2) is 25.5 Å². The summed E-state index contributed by atoms with van der Waals surface area (Å²) in [4.78, 5) is 24.5. The van der Waals surface area contributed by atoms with Crippen LogP contribution in [0, 0.1) is 0 Å². The molecular weight excluding hydrogens is 420 g/mol. The van der Waals surface area contributed by atoms with Crippen LogP contribution in [0.3, 0.4) is 0 Å². The summed E-state index contributed by atoms with van der Waals surface area (Å²) >= 11 is 0. The fraction of sp³-hybridized carbons (Fsp3) is 0.111. The van der Waals surface area contributed by atoms with Crippen molar-refractivity contribution in [2.45, 2.75) is 6.61 Å². The van der Waals surface area contributed by atoms with E-state index < -0.39 is 5.97 Å². The first-order valence-corrected chi connectivity index (χ1v) is 10.3. The number of hydrogen-bond acceptors (Lipinski definition) is 6. The predicted molar refractivity (Wildman–Crippen MR) is 123 cm³/mol. The van der Waals surface area contributed by atoms with E-state index in [1.165, 1.54) is 0 Å². The lowest BCUT2D eigenvalue weighted by molar-refractivity contribution is -0.147. The van der Waals surface area contributed by atoms with Crippen LogP contribution in [0.5, 0.6) is 17.2 Å². The Morgan fingerprint density at radius 2 is 1.79 bits per heavy atom. The van der Waals surface area contributed by atoms with Crippen molar-refractivity contribution in [1.82, 2.24) is 0 Å². The van der Waals surface area contributed by atoms with Crippen LogP contribution >= 0.6 is 0 Å². The molecule has 0 bridgehead atoms. The van der Waals surface area contributed by atoms with Crippen LogP contribution < -0.4 is 14.2 Å². The number of ether oxygens (including phenoxy) is 4. The number of para-hydroxylation sites is 1. The fourth-order valence-electron chi connectivity index (χ4n) is 3.24. The Labute approximate surface area is 191 Å². The Morgan fingerprint density at radius 1 is 1.00 bits per heavy atom. The van der Waals surface area contributed by atoms with Crippen molar-refractivity contribution in [3.8, 4) is 17.2 Å². The second kappa shape index (κ2) is 10.3. The smallest absolute Gasteiger partial charge is 0.344 e. The van der Waals surface area contributed by atoms with Gasteiger partial charge in [0.2, 0.25) is 5.78 Å². The second-order valence-corrected chi connectivity index (χ2v) is 7.16. The standard InChI is InChI=1S/C27H22O6/c1-30-23-12-6-5-10-20(23)11-7-13-24-27(29)22-15-14-21(16-25(22)33-24)31-18-26(28)32-17-19-8-3-2-4-9-19/h2-16H,17-18H2,1H3. The van der Waals surface area contributed by atoms with Gasteiger partial charge in [-0.2, -0.15) is 0 Å². The lowest BCUT2D eigenvalue weighted by atomic mass is 10.1. The number of ketones is 1. The van der Waals surface area contributed by atoms with Crippen molar-refractivity contribution in [2.75, 3.05) is 13.7 Å². The Balaban J connectivity index is 1.35. The first kappa shape index (κ1) is 21.9. The van der Waals surface area contributed by atoms with E-state index in [1.54, 1.807) is 37.5 Å². The van der Waals surface area contributed by atoms with Gasteiger partial charge in [0.25, 0.3) is 0 Å². The van der Waals surface area contributed by atoms with Gasteiger partial charge in [-0.25, -0.2) is 4.79 Å². The molecule has 0 aliphatic carbocycles. The van der Waals surface area contributed by atoms with E-state index in [2.05, 4.69) is 0 Å². The zero-order chi connectivity index (χ0) is 23.0. The molecule has 6 heteroatoms. The average molecular weight is 442 g/mol. The van der Waals surface area contributed by atoms with Gasteiger partial charge in [0, 0.05) is 11.6 Å². The van der Waals surface area contributed by atoms with Gasteiger partial charge in [-0.1, -0.05) is 60.7 Å². The fourth-order valence-corrected chi connectivity index (χ4v) is 3.24. The van der Waals surface area contributed by atoms with Crippen molar-refractivity contribution in [1.29, 1.82) is 0 Å². The van der Waals surface area contributed by atoms with E-state index in [9.17, 15) is 9.59 Å². The lowest BCUT2D eigenvalue weighted by Crippen LogP contribution is -2.14. The molecule has 0 saturated heterocycles. The zero-order valence-electron chi connectivity index (χ0n) is 18.0. The number of carbonyl (C=O) groups excluding carboxylic acids is 2. The van der Waals surface area contributed by atoms with E-state index in [0.717, 1.165) is 16.9 Å². The van der Waals surface area contributed by atoms with E-state index >= 15 is 0 Å². The molecule has 4 rings (SSSR count). The number of hydrogen-bond donors (Lipinski definition) is 0. The average Bonchev–Trinajstić information content (AvgIpc) is 3.17. The maximum atomic E-state index is 12.6. The molecule has 0 spiro atoms. The highest BCUT2D eigenvalue weighted by atomic mass is 16.6. The summed E-state index contributed by atoms with van der Waals surface area (Å²) < 4.78 is 21.7. The number of fused-ring (bicyclic) bond motifs is 1.